The van der Waals surface area contributed by atoms with Gasteiger partial charge in [0.1, 0.15) is 0 Å². The van der Waals surface area contributed by atoms with Gasteiger partial charge in [-0.1, -0.05) is 6.07 Å². The number of carboxylic acid groups (broad SMARTS) is 1. The van der Waals surface area contributed by atoms with Gasteiger partial charge < -0.3 is 5.11 Å². The fraction of sp³-hybridized carbons (Fsp3) is 0.571. The van der Waals surface area contributed by atoms with Crippen molar-refractivity contribution in [3.63, 3.8) is 0 Å². The number of rotatable bonds is 4. The van der Waals surface area contributed by atoms with Crippen LogP contribution in [0.25, 0.3) is 0 Å². The maximum atomic E-state index is 10.7. The molecule has 0 atom stereocenters. The van der Waals surface area contributed by atoms with Crippen molar-refractivity contribution in [1.29, 1.82) is 0 Å². The Morgan fingerprint density at radius 1 is 1.37 bits per heavy atom. The topological polar surface area (TPSA) is 56.7 Å². The summed E-state index contributed by atoms with van der Waals surface area (Å²) < 4.78 is 0. The lowest BCUT2D eigenvalue weighted by Crippen LogP contribution is -2.58. The first-order chi connectivity index (χ1) is 9.15. The van der Waals surface area contributed by atoms with E-state index in [0.29, 0.717) is 5.41 Å². The van der Waals surface area contributed by atoms with Crippen LogP contribution in [0.4, 0.5) is 0 Å². The zero-order valence-electron chi connectivity index (χ0n) is 11.0. The van der Waals surface area contributed by atoms with E-state index in [4.69, 9.17) is 5.11 Å². The molecular weight excluding hydrogens is 242 g/mol. The van der Waals surface area contributed by atoms with E-state index in [0.717, 1.165) is 32.7 Å². The third-order valence-electron chi connectivity index (χ3n) is 4.12. The van der Waals surface area contributed by atoms with Crippen molar-refractivity contribution in [2.75, 3.05) is 32.7 Å². The van der Waals surface area contributed by atoms with Crippen molar-refractivity contribution >= 4 is 5.97 Å². The van der Waals surface area contributed by atoms with E-state index in [9.17, 15) is 4.79 Å². The highest BCUT2D eigenvalue weighted by Gasteiger charge is 2.47. The molecule has 1 aromatic rings. The third-order valence-corrected chi connectivity index (χ3v) is 4.12. The molecule has 0 saturated carbocycles. The fourth-order valence-corrected chi connectivity index (χ4v) is 3.38. The van der Waals surface area contributed by atoms with Crippen molar-refractivity contribution in [1.82, 2.24) is 14.8 Å². The summed E-state index contributed by atoms with van der Waals surface area (Å²) in [7, 11) is 0. The molecule has 2 fully saturated rings. The number of aromatic nitrogens is 1. The smallest absolute Gasteiger partial charge is 0.317 e. The van der Waals surface area contributed by atoms with Crippen LogP contribution < -0.4 is 0 Å². The Kier molecular flexibility index (Phi) is 3.24. The zero-order chi connectivity index (χ0) is 13.3. The molecule has 5 heteroatoms. The Morgan fingerprint density at radius 3 is 2.84 bits per heavy atom. The molecule has 0 radical (unpaired) electrons. The molecular formula is C14H19N3O2. The van der Waals surface area contributed by atoms with Gasteiger partial charge in [-0.3, -0.25) is 19.6 Å². The zero-order valence-corrected chi connectivity index (χ0v) is 11.0. The normalized spacial score (nSPS) is 22.5. The average Bonchev–Trinajstić information content (AvgIpc) is 2.73. The fourth-order valence-electron chi connectivity index (χ4n) is 3.38. The monoisotopic (exact) mass is 261 g/mol. The molecule has 2 saturated heterocycles. The van der Waals surface area contributed by atoms with Crippen LogP contribution in [0.3, 0.4) is 0 Å². The van der Waals surface area contributed by atoms with E-state index in [1.54, 1.807) is 6.20 Å². The second kappa shape index (κ2) is 4.90. The Morgan fingerprint density at radius 2 is 2.16 bits per heavy atom. The summed E-state index contributed by atoms with van der Waals surface area (Å²) in [5.41, 5.74) is 1.60. The van der Waals surface area contributed by atoms with Crippen LogP contribution in [-0.4, -0.2) is 58.6 Å². The van der Waals surface area contributed by atoms with Gasteiger partial charge in [0, 0.05) is 44.0 Å². The molecule has 0 aromatic carbocycles. The number of hydrogen-bond donors (Lipinski definition) is 1. The van der Waals surface area contributed by atoms with E-state index in [-0.39, 0.29) is 6.54 Å². The highest BCUT2D eigenvalue weighted by molar-refractivity contribution is 5.69. The molecule has 3 rings (SSSR count). The Hall–Kier alpha value is -1.46. The number of pyridine rings is 1. The number of aliphatic carboxylic acids is 1. The first-order valence-corrected chi connectivity index (χ1v) is 6.71. The maximum absolute atomic E-state index is 10.7. The van der Waals surface area contributed by atoms with Crippen LogP contribution in [0.15, 0.2) is 24.5 Å². The molecule has 1 N–H and O–H groups in total. The van der Waals surface area contributed by atoms with Gasteiger partial charge in [-0.25, -0.2) is 0 Å². The molecule has 0 bridgehead atoms. The minimum atomic E-state index is -0.722. The number of hydrogen-bond acceptors (Lipinski definition) is 4. The van der Waals surface area contributed by atoms with Crippen molar-refractivity contribution in [2.45, 2.75) is 13.0 Å². The van der Waals surface area contributed by atoms with E-state index in [1.807, 2.05) is 17.2 Å². The summed E-state index contributed by atoms with van der Waals surface area (Å²) >= 11 is 0. The summed E-state index contributed by atoms with van der Waals surface area (Å²) in [4.78, 5) is 19.3. The second-order valence-electron chi connectivity index (χ2n) is 5.86. The molecule has 0 unspecified atom stereocenters. The predicted molar refractivity (Wildman–Crippen MR) is 70.6 cm³/mol. The first kappa shape index (κ1) is 12.6. The van der Waals surface area contributed by atoms with Gasteiger partial charge in [0.05, 0.1) is 6.54 Å². The third kappa shape index (κ3) is 2.77. The Balaban J connectivity index is 1.50. The van der Waals surface area contributed by atoms with Crippen LogP contribution in [0.2, 0.25) is 0 Å². The summed E-state index contributed by atoms with van der Waals surface area (Å²) in [6.45, 7) is 5.19. The Labute approximate surface area is 112 Å². The van der Waals surface area contributed by atoms with Crippen LogP contribution in [0.1, 0.15) is 12.0 Å². The van der Waals surface area contributed by atoms with Gasteiger partial charge in [-0.15, -0.1) is 0 Å². The highest BCUT2D eigenvalue weighted by atomic mass is 16.4. The van der Waals surface area contributed by atoms with Gasteiger partial charge in [0.15, 0.2) is 0 Å². The minimum absolute atomic E-state index is 0.185. The van der Waals surface area contributed by atoms with E-state index >= 15 is 0 Å². The van der Waals surface area contributed by atoms with Crippen LogP contribution in [0, 0.1) is 5.41 Å². The quantitative estimate of drug-likeness (QED) is 0.863. The highest BCUT2D eigenvalue weighted by Crippen LogP contribution is 2.39. The van der Waals surface area contributed by atoms with E-state index < -0.39 is 5.97 Å². The largest absolute Gasteiger partial charge is 0.480 e. The molecule has 3 heterocycles. The molecule has 0 amide bonds. The summed E-state index contributed by atoms with van der Waals surface area (Å²) in [6, 6.07) is 4.08. The SMILES string of the molecule is O=C(O)CN1CC2(CCN(Cc3cccnc3)C2)C1. The van der Waals surface area contributed by atoms with Crippen molar-refractivity contribution in [2.24, 2.45) is 5.41 Å². The molecule has 1 aromatic heterocycles. The van der Waals surface area contributed by atoms with Gasteiger partial charge in [0.2, 0.25) is 0 Å². The summed E-state index contributed by atoms with van der Waals surface area (Å²) in [5.74, 6) is -0.722. The minimum Gasteiger partial charge on any atom is -0.480 e. The number of likely N-dealkylation sites (tertiary alicyclic amines) is 2. The molecule has 19 heavy (non-hydrogen) atoms. The molecule has 102 valence electrons. The number of carbonyl (C=O) groups is 1. The maximum Gasteiger partial charge on any atom is 0.317 e. The van der Waals surface area contributed by atoms with E-state index in [2.05, 4.69) is 16.0 Å². The summed E-state index contributed by atoms with van der Waals surface area (Å²) in [5, 5.41) is 8.77. The number of carboxylic acids is 1. The lowest BCUT2D eigenvalue weighted by Gasteiger charge is -2.47. The second-order valence-corrected chi connectivity index (χ2v) is 5.86. The molecule has 5 nitrogen and oxygen atoms in total. The number of nitrogens with zero attached hydrogens (tertiary/aromatic N) is 3. The molecule has 0 aliphatic carbocycles. The summed E-state index contributed by atoms with van der Waals surface area (Å²) in [6.07, 6.45) is 4.90. The van der Waals surface area contributed by atoms with Gasteiger partial charge in [-0.2, -0.15) is 0 Å². The standard InChI is InChI=1S/C14H19N3O2/c18-13(19)8-17-10-14(11-17)3-5-16(9-14)7-12-2-1-4-15-6-12/h1-2,4,6H,3,5,7-11H2,(H,18,19). The average molecular weight is 261 g/mol. The van der Waals surface area contributed by atoms with Crippen LogP contribution in [-0.2, 0) is 11.3 Å². The lowest BCUT2D eigenvalue weighted by molar-refractivity contribution is -0.141. The predicted octanol–water partition coefficient (Wildman–Crippen LogP) is 0.674. The first-order valence-electron chi connectivity index (χ1n) is 6.71. The van der Waals surface area contributed by atoms with Gasteiger partial charge in [0.25, 0.3) is 0 Å². The van der Waals surface area contributed by atoms with Crippen LogP contribution >= 0.6 is 0 Å². The van der Waals surface area contributed by atoms with Crippen molar-refractivity contribution in [3.8, 4) is 0 Å². The van der Waals surface area contributed by atoms with E-state index in [1.165, 1.54) is 12.0 Å². The lowest BCUT2D eigenvalue weighted by atomic mass is 9.79. The molecule has 2 aliphatic heterocycles. The molecule has 1 spiro atoms. The van der Waals surface area contributed by atoms with Gasteiger partial charge in [-0.05, 0) is 24.6 Å². The Bertz CT molecular complexity index is 457. The van der Waals surface area contributed by atoms with Gasteiger partial charge >= 0.3 is 5.97 Å². The van der Waals surface area contributed by atoms with Crippen LogP contribution in [0.5, 0.6) is 0 Å². The van der Waals surface area contributed by atoms with Crippen molar-refractivity contribution in [3.05, 3.63) is 30.1 Å². The van der Waals surface area contributed by atoms with Crippen molar-refractivity contribution < 1.29 is 9.90 Å². The molecule has 2 aliphatic rings.